The summed E-state index contributed by atoms with van der Waals surface area (Å²) in [6.07, 6.45) is 1.62. The zero-order chi connectivity index (χ0) is 22.5. The van der Waals surface area contributed by atoms with Crippen molar-refractivity contribution in [3.05, 3.63) is 77.9 Å². The lowest BCUT2D eigenvalue weighted by molar-refractivity contribution is -0.113. The standard InChI is InChI=1S/C24H22N2O5S/c1-3-29-16-8-10-17(11-9-16)30-15-19-13-12-18(31-19)14-20-23(27)26(24(32)25-20)21-6-4-5-7-22(21)28-2/h4-14H,3,15H2,1-2H3,(H,25,32)/b20-14+. The number of furan rings is 1. The summed E-state index contributed by atoms with van der Waals surface area (Å²) in [6, 6.07) is 18.2. The van der Waals surface area contributed by atoms with Crippen LogP contribution in [-0.2, 0) is 11.4 Å². The van der Waals surface area contributed by atoms with E-state index in [0.29, 0.717) is 41.0 Å². The van der Waals surface area contributed by atoms with Crippen LogP contribution >= 0.6 is 12.2 Å². The van der Waals surface area contributed by atoms with Gasteiger partial charge in [0.05, 0.1) is 19.4 Å². The lowest BCUT2D eigenvalue weighted by Gasteiger charge is -2.17. The van der Waals surface area contributed by atoms with Crippen molar-refractivity contribution >= 4 is 35.0 Å². The van der Waals surface area contributed by atoms with E-state index in [2.05, 4.69) is 5.32 Å². The van der Waals surface area contributed by atoms with E-state index in [9.17, 15) is 4.79 Å². The number of ether oxygens (including phenoxy) is 3. The number of thiocarbonyl (C=S) groups is 1. The minimum Gasteiger partial charge on any atom is -0.495 e. The molecule has 0 atom stereocenters. The van der Waals surface area contributed by atoms with E-state index in [1.165, 1.54) is 4.90 Å². The Labute approximate surface area is 191 Å². The molecule has 3 aromatic rings. The van der Waals surface area contributed by atoms with E-state index >= 15 is 0 Å². The monoisotopic (exact) mass is 450 g/mol. The highest BCUT2D eigenvalue weighted by atomic mass is 32.1. The molecule has 8 heteroatoms. The van der Waals surface area contributed by atoms with E-state index in [-0.39, 0.29) is 17.6 Å². The lowest BCUT2D eigenvalue weighted by Crippen LogP contribution is -2.30. The number of methoxy groups -OCH3 is 1. The summed E-state index contributed by atoms with van der Waals surface area (Å²) in [5.74, 6) is 2.90. The van der Waals surface area contributed by atoms with Gasteiger partial charge in [-0.15, -0.1) is 0 Å². The minimum absolute atomic E-state index is 0.254. The first-order valence-corrected chi connectivity index (χ1v) is 10.4. The van der Waals surface area contributed by atoms with Crippen LogP contribution in [0.3, 0.4) is 0 Å². The number of nitrogens with zero attached hydrogens (tertiary/aromatic N) is 1. The fraction of sp³-hybridized carbons (Fsp3) is 0.167. The summed E-state index contributed by atoms with van der Waals surface area (Å²) < 4.78 is 22.3. The molecule has 2 heterocycles. The Morgan fingerprint density at radius 1 is 1.03 bits per heavy atom. The Morgan fingerprint density at radius 3 is 2.47 bits per heavy atom. The van der Waals surface area contributed by atoms with Crippen molar-refractivity contribution in [2.45, 2.75) is 13.5 Å². The number of nitrogens with one attached hydrogen (secondary N) is 1. The van der Waals surface area contributed by atoms with Crippen LogP contribution in [0.25, 0.3) is 6.08 Å². The van der Waals surface area contributed by atoms with Gasteiger partial charge in [0.2, 0.25) is 0 Å². The SMILES string of the molecule is CCOc1ccc(OCc2ccc(/C=C3/NC(=S)N(c4ccccc4OC)C3=O)o2)cc1. The first kappa shape index (κ1) is 21.5. The second kappa shape index (κ2) is 9.57. The lowest BCUT2D eigenvalue weighted by atomic mass is 10.2. The summed E-state index contributed by atoms with van der Waals surface area (Å²) in [4.78, 5) is 14.4. The molecule has 0 unspecified atom stereocenters. The van der Waals surface area contributed by atoms with Gasteiger partial charge in [-0.25, -0.2) is 4.90 Å². The predicted molar refractivity (Wildman–Crippen MR) is 125 cm³/mol. The number of rotatable bonds is 8. The van der Waals surface area contributed by atoms with Gasteiger partial charge in [0.1, 0.15) is 41.1 Å². The quantitative estimate of drug-likeness (QED) is 0.399. The number of carbonyl (C=O) groups excluding carboxylic acids is 1. The normalized spacial score (nSPS) is 14.6. The van der Waals surface area contributed by atoms with Gasteiger partial charge in [0.25, 0.3) is 5.91 Å². The van der Waals surface area contributed by atoms with Gasteiger partial charge < -0.3 is 23.9 Å². The van der Waals surface area contributed by atoms with Crippen LogP contribution in [0, 0.1) is 0 Å². The highest BCUT2D eigenvalue weighted by molar-refractivity contribution is 7.80. The molecule has 1 aliphatic heterocycles. The van der Waals surface area contributed by atoms with Crippen molar-refractivity contribution in [1.82, 2.24) is 5.32 Å². The second-order valence-electron chi connectivity index (χ2n) is 6.80. The molecule has 1 saturated heterocycles. The molecule has 4 rings (SSSR count). The number of benzene rings is 2. The third-order valence-electron chi connectivity index (χ3n) is 4.69. The Kier molecular flexibility index (Phi) is 6.42. The van der Waals surface area contributed by atoms with E-state index in [1.54, 1.807) is 37.5 Å². The molecule has 0 aliphatic carbocycles. The summed E-state index contributed by atoms with van der Waals surface area (Å²) >= 11 is 5.36. The number of amides is 1. The number of para-hydroxylation sites is 2. The maximum Gasteiger partial charge on any atom is 0.281 e. The highest BCUT2D eigenvalue weighted by Crippen LogP contribution is 2.31. The van der Waals surface area contributed by atoms with E-state index < -0.39 is 0 Å². The van der Waals surface area contributed by atoms with Gasteiger partial charge in [-0.1, -0.05) is 12.1 Å². The molecule has 0 spiro atoms. The molecule has 1 aromatic heterocycles. The topological polar surface area (TPSA) is 73.2 Å². The Morgan fingerprint density at radius 2 is 1.75 bits per heavy atom. The number of anilines is 1. The van der Waals surface area contributed by atoms with Crippen molar-refractivity contribution in [1.29, 1.82) is 0 Å². The van der Waals surface area contributed by atoms with Crippen molar-refractivity contribution < 1.29 is 23.4 Å². The van der Waals surface area contributed by atoms with Gasteiger partial charge in [-0.2, -0.15) is 0 Å². The summed E-state index contributed by atoms with van der Waals surface area (Å²) in [5.41, 5.74) is 0.888. The molecular weight excluding hydrogens is 428 g/mol. The van der Waals surface area contributed by atoms with Crippen LogP contribution in [0.15, 0.2) is 70.8 Å². The van der Waals surface area contributed by atoms with Crippen LogP contribution in [0.1, 0.15) is 18.4 Å². The number of hydrogen-bond acceptors (Lipinski definition) is 6. The zero-order valence-electron chi connectivity index (χ0n) is 17.7. The van der Waals surface area contributed by atoms with Crippen molar-refractivity contribution in [3.63, 3.8) is 0 Å². The van der Waals surface area contributed by atoms with Crippen molar-refractivity contribution in [2.24, 2.45) is 0 Å². The Hall–Kier alpha value is -3.78. The largest absolute Gasteiger partial charge is 0.495 e. The van der Waals surface area contributed by atoms with Crippen molar-refractivity contribution in [3.8, 4) is 17.2 Å². The van der Waals surface area contributed by atoms with Gasteiger partial charge in [0, 0.05) is 6.08 Å². The summed E-state index contributed by atoms with van der Waals surface area (Å²) in [5, 5.41) is 3.22. The van der Waals surface area contributed by atoms with Gasteiger partial charge >= 0.3 is 0 Å². The molecular formula is C24H22N2O5S. The summed E-state index contributed by atoms with van der Waals surface area (Å²) in [6.45, 7) is 2.81. The first-order valence-electron chi connectivity index (χ1n) is 10.0. The molecule has 0 saturated carbocycles. The molecule has 1 aliphatic rings. The van der Waals surface area contributed by atoms with E-state index in [4.69, 9.17) is 30.8 Å². The van der Waals surface area contributed by atoms with Gasteiger partial charge in [-0.3, -0.25) is 4.79 Å². The van der Waals surface area contributed by atoms with Crippen LogP contribution in [0.5, 0.6) is 17.2 Å². The molecule has 1 amide bonds. The van der Waals surface area contributed by atoms with E-state index in [1.807, 2.05) is 43.3 Å². The molecule has 7 nitrogen and oxygen atoms in total. The molecule has 0 radical (unpaired) electrons. The third-order valence-corrected chi connectivity index (χ3v) is 4.97. The Balaban J connectivity index is 1.43. The van der Waals surface area contributed by atoms with Crippen LogP contribution in [0.2, 0.25) is 0 Å². The second-order valence-corrected chi connectivity index (χ2v) is 7.18. The zero-order valence-corrected chi connectivity index (χ0v) is 18.5. The molecule has 0 bridgehead atoms. The summed E-state index contributed by atoms with van der Waals surface area (Å²) in [7, 11) is 1.55. The number of hydrogen-bond donors (Lipinski definition) is 1. The average Bonchev–Trinajstić information content (AvgIpc) is 3.37. The third kappa shape index (κ3) is 4.60. The fourth-order valence-corrected chi connectivity index (χ4v) is 3.50. The van der Waals surface area contributed by atoms with Crippen molar-refractivity contribution in [2.75, 3.05) is 18.6 Å². The molecule has 1 fully saturated rings. The molecule has 32 heavy (non-hydrogen) atoms. The highest BCUT2D eigenvalue weighted by Gasteiger charge is 2.33. The Bertz CT molecular complexity index is 1150. The van der Waals surface area contributed by atoms with E-state index in [0.717, 1.165) is 5.75 Å². The maximum atomic E-state index is 13.0. The molecule has 164 valence electrons. The van der Waals surface area contributed by atoms with Gasteiger partial charge in [0.15, 0.2) is 5.11 Å². The predicted octanol–water partition coefficient (Wildman–Crippen LogP) is 4.53. The number of carbonyl (C=O) groups is 1. The van der Waals surface area contributed by atoms with Crippen LogP contribution < -0.4 is 24.4 Å². The van der Waals surface area contributed by atoms with Crippen LogP contribution in [0.4, 0.5) is 5.69 Å². The molecule has 2 aromatic carbocycles. The minimum atomic E-state index is -0.289. The fourth-order valence-electron chi connectivity index (χ4n) is 3.21. The van der Waals surface area contributed by atoms with Crippen LogP contribution in [-0.4, -0.2) is 24.7 Å². The average molecular weight is 451 g/mol. The van der Waals surface area contributed by atoms with Gasteiger partial charge in [-0.05, 0) is 67.7 Å². The smallest absolute Gasteiger partial charge is 0.281 e. The maximum absolute atomic E-state index is 13.0. The molecule has 1 N–H and O–H groups in total. The first-order chi connectivity index (χ1) is 15.6.